The lowest BCUT2D eigenvalue weighted by atomic mass is 9.89. The number of methoxy groups -OCH3 is 2. The van der Waals surface area contributed by atoms with Gasteiger partial charge in [-0.3, -0.25) is 0 Å². The molecule has 0 amide bonds. The molecule has 0 aromatic heterocycles. The Kier molecular flexibility index (Phi) is 4.40. The first kappa shape index (κ1) is 12.4. The molecule has 0 saturated carbocycles. The van der Waals surface area contributed by atoms with Gasteiger partial charge in [0.05, 0.1) is 13.7 Å². The number of rotatable bonds is 4. The van der Waals surface area contributed by atoms with E-state index in [9.17, 15) is 0 Å². The van der Waals surface area contributed by atoms with Gasteiger partial charge in [0.15, 0.2) is 0 Å². The highest BCUT2D eigenvalue weighted by molar-refractivity contribution is 5.38. The summed E-state index contributed by atoms with van der Waals surface area (Å²) in [5.74, 6) is 1.62. The Bertz CT molecular complexity index is 359. The molecule has 0 aliphatic carbocycles. The number of benzene rings is 1. The predicted octanol–water partition coefficient (Wildman–Crippen LogP) is 2.31. The lowest BCUT2D eigenvalue weighted by molar-refractivity contribution is 0.181. The van der Waals surface area contributed by atoms with E-state index < -0.39 is 0 Å². The summed E-state index contributed by atoms with van der Waals surface area (Å²) in [6.45, 7) is 2.84. The molecule has 0 radical (unpaired) electrons. The van der Waals surface area contributed by atoms with Gasteiger partial charge >= 0.3 is 0 Å². The SMILES string of the molecule is COCc1ccc(C2CCNCC2)cc1OC. The molecule has 1 heterocycles. The maximum absolute atomic E-state index is 5.43. The fourth-order valence-corrected chi connectivity index (χ4v) is 2.45. The van der Waals surface area contributed by atoms with Gasteiger partial charge in [0, 0.05) is 12.7 Å². The fraction of sp³-hybridized carbons (Fsp3) is 0.571. The van der Waals surface area contributed by atoms with Crippen molar-refractivity contribution in [1.82, 2.24) is 5.32 Å². The first-order valence-electron chi connectivity index (χ1n) is 6.21. The lowest BCUT2D eigenvalue weighted by Crippen LogP contribution is -2.26. The van der Waals surface area contributed by atoms with Crippen LogP contribution in [-0.4, -0.2) is 27.3 Å². The Morgan fingerprint density at radius 1 is 1.24 bits per heavy atom. The van der Waals surface area contributed by atoms with E-state index in [1.165, 1.54) is 18.4 Å². The van der Waals surface area contributed by atoms with Gasteiger partial charge in [0.2, 0.25) is 0 Å². The zero-order chi connectivity index (χ0) is 12.1. The standard InChI is InChI=1S/C14H21NO2/c1-16-10-13-4-3-12(9-14(13)17-2)11-5-7-15-8-6-11/h3-4,9,11,15H,5-8,10H2,1-2H3. The van der Waals surface area contributed by atoms with Crippen LogP contribution in [0.3, 0.4) is 0 Å². The summed E-state index contributed by atoms with van der Waals surface area (Å²) in [4.78, 5) is 0. The predicted molar refractivity (Wildman–Crippen MR) is 68.6 cm³/mol. The molecule has 94 valence electrons. The van der Waals surface area contributed by atoms with Gasteiger partial charge in [0.25, 0.3) is 0 Å². The maximum atomic E-state index is 5.43. The van der Waals surface area contributed by atoms with E-state index in [2.05, 4.69) is 23.5 Å². The molecule has 2 rings (SSSR count). The highest BCUT2D eigenvalue weighted by Gasteiger charge is 2.16. The highest BCUT2D eigenvalue weighted by Crippen LogP contribution is 2.30. The smallest absolute Gasteiger partial charge is 0.124 e. The number of ether oxygens (including phenoxy) is 2. The average Bonchev–Trinajstić information content (AvgIpc) is 2.40. The van der Waals surface area contributed by atoms with E-state index in [0.717, 1.165) is 24.4 Å². The molecule has 1 aromatic rings. The van der Waals surface area contributed by atoms with Crippen molar-refractivity contribution in [3.8, 4) is 5.75 Å². The van der Waals surface area contributed by atoms with Crippen molar-refractivity contribution in [3.05, 3.63) is 29.3 Å². The third-order valence-corrected chi connectivity index (χ3v) is 3.42. The zero-order valence-electron chi connectivity index (χ0n) is 10.7. The van der Waals surface area contributed by atoms with Crippen LogP contribution in [0.5, 0.6) is 5.75 Å². The van der Waals surface area contributed by atoms with Crippen LogP contribution in [0, 0.1) is 0 Å². The zero-order valence-corrected chi connectivity index (χ0v) is 10.7. The van der Waals surface area contributed by atoms with Crippen LogP contribution in [-0.2, 0) is 11.3 Å². The van der Waals surface area contributed by atoms with Gasteiger partial charge in [-0.2, -0.15) is 0 Å². The second-order valence-corrected chi connectivity index (χ2v) is 4.53. The summed E-state index contributed by atoms with van der Waals surface area (Å²) in [7, 11) is 3.43. The van der Waals surface area contributed by atoms with Crippen molar-refractivity contribution in [2.24, 2.45) is 0 Å². The van der Waals surface area contributed by atoms with Crippen molar-refractivity contribution < 1.29 is 9.47 Å². The molecule has 1 saturated heterocycles. The molecule has 0 bridgehead atoms. The van der Waals surface area contributed by atoms with Crippen LogP contribution in [0.4, 0.5) is 0 Å². The van der Waals surface area contributed by atoms with Crippen LogP contribution in [0.1, 0.15) is 29.9 Å². The molecule has 0 atom stereocenters. The molecule has 3 heteroatoms. The van der Waals surface area contributed by atoms with Gasteiger partial charge in [-0.05, 0) is 43.5 Å². The van der Waals surface area contributed by atoms with E-state index in [4.69, 9.17) is 9.47 Å². The Morgan fingerprint density at radius 3 is 2.65 bits per heavy atom. The third-order valence-electron chi connectivity index (χ3n) is 3.42. The Morgan fingerprint density at radius 2 is 2.00 bits per heavy atom. The Labute approximate surface area is 103 Å². The molecule has 17 heavy (non-hydrogen) atoms. The summed E-state index contributed by atoms with van der Waals surface area (Å²) in [5.41, 5.74) is 2.51. The van der Waals surface area contributed by atoms with E-state index in [1.54, 1.807) is 14.2 Å². The van der Waals surface area contributed by atoms with Crippen molar-refractivity contribution in [1.29, 1.82) is 0 Å². The minimum Gasteiger partial charge on any atom is -0.496 e. The molecule has 0 unspecified atom stereocenters. The Hall–Kier alpha value is -1.06. The lowest BCUT2D eigenvalue weighted by Gasteiger charge is -2.23. The number of piperidine rings is 1. The molecule has 1 aromatic carbocycles. The molecule has 1 aliphatic rings. The normalized spacial score (nSPS) is 17.1. The van der Waals surface area contributed by atoms with Crippen molar-refractivity contribution in [2.45, 2.75) is 25.4 Å². The summed E-state index contributed by atoms with van der Waals surface area (Å²) >= 11 is 0. The quantitative estimate of drug-likeness (QED) is 0.868. The van der Waals surface area contributed by atoms with Gasteiger partial charge in [-0.15, -0.1) is 0 Å². The summed E-state index contributed by atoms with van der Waals surface area (Å²) in [5, 5.41) is 3.39. The first-order chi connectivity index (χ1) is 8.35. The number of hydrogen-bond donors (Lipinski definition) is 1. The number of nitrogens with one attached hydrogen (secondary N) is 1. The number of hydrogen-bond acceptors (Lipinski definition) is 3. The Balaban J connectivity index is 2.17. The topological polar surface area (TPSA) is 30.5 Å². The summed E-state index contributed by atoms with van der Waals surface area (Å²) in [6.07, 6.45) is 2.43. The van der Waals surface area contributed by atoms with Gasteiger partial charge in [-0.1, -0.05) is 12.1 Å². The fourth-order valence-electron chi connectivity index (χ4n) is 2.45. The maximum Gasteiger partial charge on any atom is 0.124 e. The molecule has 1 N–H and O–H groups in total. The van der Waals surface area contributed by atoms with E-state index in [1.807, 2.05) is 0 Å². The van der Waals surface area contributed by atoms with Crippen LogP contribution in [0.25, 0.3) is 0 Å². The van der Waals surface area contributed by atoms with Gasteiger partial charge in [0.1, 0.15) is 5.75 Å². The second-order valence-electron chi connectivity index (χ2n) is 4.53. The van der Waals surface area contributed by atoms with Crippen LogP contribution >= 0.6 is 0 Å². The summed E-state index contributed by atoms with van der Waals surface area (Å²) in [6, 6.07) is 6.51. The molecular weight excluding hydrogens is 214 g/mol. The largest absolute Gasteiger partial charge is 0.496 e. The first-order valence-corrected chi connectivity index (χ1v) is 6.21. The molecule has 1 fully saturated rings. The second kappa shape index (κ2) is 6.03. The van der Waals surface area contributed by atoms with Crippen LogP contribution in [0.2, 0.25) is 0 Å². The van der Waals surface area contributed by atoms with E-state index in [0.29, 0.717) is 12.5 Å². The van der Waals surface area contributed by atoms with Crippen molar-refractivity contribution >= 4 is 0 Å². The van der Waals surface area contributed by atoms with Gasteiger partial charge in [-0.25, -0.2) is 0 Å². The molecule has 0 spiro atoms. The van der Waals surface area contributed by atoms with Crippen LogP contribution in [0.15, 0.2) is 18.2 Å². The molecule has 1 aliphatic heterocycles. The average molecular weight is 235 g/mol. The van der Waals surface area contributed by atoms with E-state index in [-0.39, 0.29) is 0 Å². The molecular formula is C14H21NO2. The minimum atomic E-state index is 0.607. The highest BCUT2D eigenvalue weighted by atomic mass is 16.5. The third kappa shape index (κ3) is 2.99. The van der Waals surface area contributed by atoms with Crippen molar-refractivity contribution in [2.75, 3.05) is 27.3 Å². The van der Waals surface area contributed by atoms with Crippen molar-refractivity contribution in [3.63, 3.8) is 0 Å². The monoisotopic (exact) mass is 235 g/mol. The molecule has 3 nitrogen and oxygen atoms in total. The van der Waals surface area contributed by atoms with Crippen LogP contribution < -0.4 is 10.1 Å². The van der Waals surface area contributed by atoms with E-state index >= 15 is 0 Å². The summed E-state index contributed by atoms with van der Waals surface area (Å²) < 4.78 is 10.6. The minimum absolute atomic E-state index is 0.607. The van der Waals surface area contributed by atoms with Gasteiger partial charge < -0.3 is 14.8 Å².